The highest BCUT2D eigenvalue weighted by molar-refractivity contribution is 7.91. The molecule has 7 aliphatic rings. The topological polar surface area (TPSA) is 486 Å². The summed E-state index contributed by atoms with van der Waals surface area (Å²) in [5.74, 6) is -0.684. The van der Waals surface area contributed by atoms with E-state index in [1.807, 2.05) is 106 Å². The molecule has 1 aromatic carbocycles. The van der Waals surface area contributed by atoms with Crippen LogP contribution in [0, 0.1) is 54.2 Å². The van der Waals surface area contributed by atoms with Crippen LogP contribution in [0.15, 0.2) is 154 Å². The highest BCUT2D eigenvalue weighted by atomic mass is 32.2. The van der Waals surface area contributed by atoms with Gasteiger partial charge in [-0.15, -0.1) is 0 Å². The van der Waals surface area contributed by atoms with Gasteiger partial charge in [0.25, 0.3) is 63.7 Å². The number of halogens is 4. The van der Waals surface area contributed by atoms with Crippen molar-refractivity contribution in [2.24, 2.45) is 41.4 Å². The SMILES string of the molecule is C[C@@H]1CN(c2nc(C(C)(C)C)c(/C=C/C3CC3)cc2C(=O)NS(=O)(=O)c2cccc(N)n2)C(C)(C)C1.C[C@@H]1CN(c2nc(C3CCC(C(F)(F)F)CC3)ccc2C(=O)NS(=O)(=O)c2cccc(N)n2)C(C)(C)C1.C[C@@H]1CN(c2nc(N3C[C@@H](C)CC3(C)C)c(C(=O)NS(=O)(=O)c3cccc(N)n3)cc2F)C(C)(C)C1.Cc1cc(OC(C)C)cc(-c2ccc(C(=O)NS(=O)(=O)c3cccc(N)n3)c(N3C[C@@H](C)CC3(C)C)n2)c1. The summed E-state index contributed by atoms with van der Waals surface area (Å²) < 4.78 is 173. The molecule has 13 heterocycles. The average Bonchev–Trinajstić information content (AvgIpc) is 1.68. The summed E-state index contributed by atoms with van der Waals surface area (Å²) in [5.41, 5.74) is 25.9. The minimum absolute atomic E-state index is 0.00154. The third-order valence-corrected chi connectivity index (χ3v) is 32.5. The number of benzene rings is 1. The van der Waals surface area contributed by atoms with Crippen LogP contribution in [-0.2, 0) is 45.5 Å². The lowest BCUT2D eigenvalue weighted by molar-refractivity contribution is -0.182. The summed E-state index contributed by atoms with van der Waals surface area (Å²) in [6.45, 7) is 46.8. The molecule has 16 rings (SSSR count). The third-order valence-electron chi connectivity index (χ3n) is 27.6. The van der Waals surface area contributed by atoms with Crippen molar-refractivity contribution in [2.75, 3.05) is 80.2 Å². The van der Waals surface area contributed by atoms with E-state index in [1.54, 1.807) is 24.3 Å². The second-order valence-electron chi connectivity index (χ2n) is 44.9. The van der Waals surface area contributed by atoms with Crippen molar-refractivity contribution in [1.82, 2.24) is 58.8 Å². The number of allylic oxidation sites excluding steroid dienone is 1. The van der Waals surface area contributed by atoms with Crippen molar-refractivity contribution >= 4 is 122 Å². The molecule has 0 spiro atoms. The molecule has 794 valence electrons. The molecule has 9 aromatic rings. The number of aryl methyl sites for hydroxylation is 1. The first-order chi connectivity index (χ1) is 68.2. The molecule has 8 aromatic heterocycles. The lowest BCUT2D eigenvalue weighted by Crippen LogP contribution is -2.43. The van der Waals surface area contributed by atoms with Gasteiger partial charge in [-0.2, -0.15) is 46.8 Å². The normalized spacial score (nSPS) is 21.1. The fraction of sp³-hybridized carbons (Fsp3) is 0.505. The van der Waals surface area contributed by atoms with Crippen molar-refractivity contribution in [3.63, 3.8) is 0 Å². The second-order valence-corrected chi connectivity index (χ2v) is 51.4. The van der Waals surface area contributed by atoms with Gasteiger partial charge in [-0.3, -0.25) is 19.2 Å². The Morgan fingerprint density at radius 1 is 0.422 bits per heavy atom. The van der Waals surface area contributed by atoms with Crippen molar-refractivity contribution in [1.29, 1.82) is 0 Å². The van der Waals surface area contributed by atoms with Gasteiger partial charge in [-0.05, 0) is 310 Å². The number of hydrogen-bond acceptors (Lipinski definition) is 30. The third kappa shape index (κ3) is 26.6. The molecule has 2 aliphatic carbocycles. The van der Waals surface area contributed by atoms with E-state index in [2.05, 4.69) is 133 Å². The van der Waals surface area contributed by atoms with Gasteiger partial charge in [0, 0.05) is 83.0 Å². The standard InChI is InChI=1S/C28H35N5O4S.C27H37N5O3S.C25H32F3N5O3S.C25H35FN6O3S/c1-17(2)37-21-13-18(3)12-20(14-21)23-11-10-22(26(30-23)33-16-19(4)15-28(33,5)6)27(34)32-38(35,36)25-9-7-8-24(29)31-25;1-17-15-27(5,6)32(16-17)24-20(25(33)31-36(34,35)22-9-7-8-21(28)29-22)14-19(13-12-18-10-11-18)23(30-24)26(2,3)4;1-15-13-24(2,3)33(14-15)22-18(23(34)32-37(35,36)21-6-4-5-20(29)31-21)11-12-19(30-22)16-7-9-17(10-8-16)25(26,27)28;1-15-11-24(3,4)31(13-15)21-17(23(33)30-36(34,35)20-9-7-8-19(27)28-20)10-18(26)22(29-21)32-14-16(2)12-25(32,5)6/h7-14,17,19H,15-16H2,1-6H3,(H2,29,31)(H,32,34);7-9,12-14,17-18H,10-11,15-16H2,1-6H3,(H2,28,29)(H,31,33);4-6,11-12,15-17H,7-10,13-14H2,1-3H3,(H2,29,31)(H,32,34);7-10,15-16H,11-14H2,1-6H3,(H2,27,28)(H,30,33)/b;13-12+;;/t19-;17-;15-,16?,17?;15-,16-/m0000/s1. The molecule has 5 atom stereocenters. The molecule has 5 saturated heterocycles. The highest BCUT2D eigenvalue weighted by Crippen LogP contribution is 2.49. The number of anilines is 9. The molecule has 2 saturated carbocycles. The Labute approximate surface area is 860 Å². The number of aromatic nitrogens is 8. The fourth-order valence-corrected chi connectivity index (χ4v) is 25.0. The fourth-order valence-electron chi connectivity index (χ4n) is 21.2. The minimum atomic E-state index is -4.34. The summed E-state index contributed by atoms with van der Waals surface area (Å²) >= 11 is 0. The molecular weight excluding hydrogens is 1970 g/mol. The Bertz CT molecular complexity index is 6990. The molecule has 0 bridgehead atoms. The van der Waals surface area contributed by atoms with Crippen LogP contribution in [0.5, 0.6) is 5.75 Å². The van der Waals surface area contributed by atoms with Gasteiger partial charge < -0.3 is 52.2 Å². The Balaban J connectivity index is 0.000000164. The van der Waals surface area contributed by atoms with Crippen LogP contribution in [-0.4, -0.2) is 170 Å². The van der Waals surface area contributed by atoms with E-state index in [0.717, 1.165) is 85.7 Å². The summed E-state index contributed by atoms with van der Waals surface area (Å²) in [7, 11) is -17.1. The maximum Gasteiger partial charge on any atom is 0.391 e. The van der Waals surface area contributed by atoms with E-state index < -0.39 is 86.7 Å². The van der Waals surface area contributed by atoms with Crippen LogP contribution in [0.3, 0.4) is 0 Å². The zero-order valence-electron chi connectivity index (χ0n) is 87.4. The lowest BCUT2D eigenvalue weighted by Gasteiger charge is -2.37. The van der Waals surface area contributed by atoms with E-state index >= 15 is 4.39 Å². The lowest BCUT2D eigenvalue weighted by atomic mass is 9.80. The van der Waals surface area contributed by atoms with Crippen LogP contribution in [0.4, 0.5) is 69.9 Å². The van der Waals surface area contributed by atoms with Gasteiger partial charge in [-0.1, -0.05) is 91.8 Å². The molecule has 7 fully saturated rings. The summed E-state index contributed by atoms with van der Waals surface area (Å²) in [4.78, 5) is 98.7. The highest BCUT2D eigenvalue weighted by Gasteiger charge is 2.48. The largest absolute Gasteiger partial charge is 0.491 e. The number of hydrogen-bond donors (Lipinski definition) is 8. The number of nitrogens with two attached hydrogens (primary N) is 4. The van der Waals surface area contributed by atoms with Crippen molar-refractivity contribution in [3.05, 3.63) is 184 Å². The van der Waals surface area contributed by atoms with E-state index in [9.17, 15) is 66.0 Å². The first-order valence-electron chi connectivity index (χ1n) is 49.6. The number of nitrogen functional groups attached to an aromatic ring is 4. The van der Waals surface area contributed by atoms with Crippen LogP contribution in [0.1, 0.15) is 279 Å². The van der Waals surface area contributed by atoms with E-state index in [-0.39, 0.29) is 130 Å². The van der Waals surface area contributed by atoms with Crippen molar-refractivity contribution in [3.8, 4) is 17.0 Å². The van der Waals surface area contributed by atoms with Gasteiger partial charge in [0.1, 0.15) is 52.3 Å². The molecule has 4 amide bonds. The molecule has 0 unspecified atom stereocenters. The van der Waals surface area contributed by atoms with Gasteiger partial charge in [-0.25, -0.2) is 63.2 Å². The minimum Gasteiger partial charge on any atom is -0.491 e. The number of nitrogens with zero attached hydrogens (tertiary/aromatic N) is 13. The van der Waals surface area contributed by atoms with Crippen molar-refractivity contribution in [2.45, 2.75) is 287 Å². The number of carbonyl (C=O) groups is 4. The van der Waals surface area contributed by atoms with Crippen molar-refractivity contribution < 1.29 is 75.1 Å². The number of sulfonamides is 4. The number of nitrogens with one attached hydrogen (secondary N) is 4. The Hall–Kier alpha value is -12.4. The predicted octanol–water partition coefficient (Wildman–Crippen LogP) is 17.3. The van der Waals surface area contributed by atoms with Crippen LogP contribution < -0.4 is 71.1 Å². The smallest absolute Gasteiger partial charge is 0.391 e. The molecule has 5 aliphatic heterocycles. The Morgan fingerprint density at radius 2 is 0.762 bits per heavy atom. The second kappa shape index (κ2) is 42.7. The average molecular weight is 2110 g/mol. The van der Waals surface area contributed by atoms with Gasteiger partial charge >= 0.3 is 6.18 Å². The van der Waals surface area contributed by atoms with E-state index in [0.29, 0.717) is 103 Å². The number of alkyl halides is 3. The molecule has 0 radical (unpaired) electrons. The van der Waals surface area contributed by atoms with E-state index in [1.165, 1.54) is 78.9 Å². The predicted molar refractivity (Wildman–Crippen MR) is 563 cm³/mol. The molecule has 42 heteroatoms. The van der Waals surface area contributed by atoms with Gasteiger partial charge in [0.15, 0.2) is 31.7 Å². The van der Waals surface area contributed by atoms with Crippen LogP contribution in [0.2, 0.25) is 0 Å². The zero-order chi connectivity index (χ0) is 108. The summed E-state index contributed by atoms with van der Waals surface area (Å²) in [5, 5.41) is -1.42. The van der Waals surface area contributed by atoms with E-state index in [4.69, 9.17) is 47.6 Å². The number of amides is 4. The summed E-state index contributed by atoms with van der Waals surface area (Å²) in [6, 6.07) is 32.0. The van der Waals surface area contributed by atoms with Gasteiger partial charge in [0.05, 0.1) is 45.7 Å². The van der Waals surface area contributed by atoms with Crippen LogP contribution >= 0.6 is 0 Å². The van der Waals surface area contributed by atoms with Gasteiger partial charge in [0.2, 0.25) is 0 Å². The molecule has 34 nitrogen and oxygen atoms in total. The first-order valence-corrected chi connectivity index (χ1v) is 55.5. The maximum atomic E-state index is 15.6. The monoisotopic (exact) mass is 2110 g/mol. The summed E-state index contributed by atoms with van der Waals surface area (Å²) in [6.07, 6.45) is 7.47. The number of pyridine rings is 8. The number of rotatable bonds is 23. The molecule has 147 heavy (non-hydrogen) atoms. The first kappa shape index (κ1) is 112. The van der Waals surface area contributed by atoms with Crippen LogP contribution in [0.25, 0.3) is 17.3 Å². The number of carbonyl (C=O) groups excluding carboxylic acids is 4. The molecular formula is C105H139F4N21O13S4. The quantitative estimate of drug-likeness (QED) is 0.0276. The Morgan fingerprint density at radius 3 is 1.10 bits per heavy atom. The number of ether oxygens (including phenoxy) is 1. The Kier molecular flexibility index (Phi) is 32.4. The molecule has 12 N–H and O–H groups in total. The zero-order valence-corrected chi connectivity index (χ0v) is 90.6. The maximum absolute atomic E-state index is 15.6.